The van der Waals surface area contributed by atoms with Crippen LogP contribution in [-0.2, 0) is 0 Å². The number of carbonyl (C=O) groups excluding carboxylic acids is 1. The van der Waals surface area contributed by atoms with Crippen LogP contribution in [0.1, 0.15) is 30.6 Å². The molecule has 1 aromatic rings. The molecule has 1 atom stereocenters. The zero-order valence-electron chi connectivity index (χ0n) is 10.8. The summed E-state index contributed by atoms with van der Waals surface area (Å²) in [5, 5.41) is 13.0. The molecule has 0 aliphatic carbocycles. The maximum absolute atomic E-state index is 12.4. The second-order valence-electron chi connectivity index (χ2n) is 4.93. The van der Waals surface area contributed by atoms with Crippen molar-refractivity contribution in [3.63, 3.8) is 0 Å². The predicted octanol–water partition coefficient (Wildman–Crippen LogP) is 1.11. The smallest absolute Gasteiger partial charge is 0.256 e. The van der Waals surface area contributed by atoms with Gasteiger partial charge in [0.2, 0.25) is 0 Å². The highest BCUT2D eigenvalue weighted by Gasteiger charge is 2.34. The van der Waals surface area contributed by atoms with Gasteiger partial charge in [0.15, 0.2) is 0 Å². The van der Waals surface area contributed by atoms with Crippen LogP contribution in [0.25, 0.3) is 0 Å². The summed E-state index contributed by atoms with van der Waals surface area (Å²) >= 11 is 0. The number of nitrogens with one attached hydrogen (secondary N) is 1. The van der Waals surface area contributed by atoms with E-state index in [4.69, 9.17) is 0 Å². The standard InChI is InChI=1S/C13H19N3O2/c1-3-15-11-8-14-6-4-10(11)12(17)16-7-5-13(2,18)9-16/h4,6,8,15,18H,3,5,7,9H2,1-2H3. The molecule has 98 valence electrons. The lowest BCUT2D eigenvalue weighted by Crippen LogP contribution is -2.34. The van der Waals surface area contributed by atoms with Gasteiger partial charge in [-0.05, 0) is 26.3 Å². The van der Waals surface area contributed by atoms with Crippen LogP contribution in [0.3, 0.4) is 0 Å². The summed E-state index contributed by atoms with van der Waals surface area (Å²) in [5.74, 6) is -0.0499. The minimum absolute atomic E-state index is 0.0499. The molecule has 18 heavy (non-hydrogen) atoms. The number of β-amino-alcohol motifs (C(OH)–C–C–N with tert-alkyl or cyclic N) is 1. The highest BCUT2D eigenvalue weighted by molar-refractivity contribution is 5.99. The molecule has 0 spiro atoms. The number of amides is 1. The van der Waals surface area contributed by atoms with Crippen molar-refractivity contribution < 1.29 is 9.90 Å². The first-order chi connectivity index (χ1) is 8.53. The second-order valence-corrected chi connectivity index (χ2v) is 4.93. The van der Waals surface area contributed by atoms with Gasteiger partial charge in [0.25, 0.3) is 5.91 Å². The zero-order chi connectivity index (χ0) is 13.2. The molecule has 5 nitrogen and oxygen atoms in total. The monoisotopic (exact) mass is 249 g/mol. The molecule has 0 aromatic carbocycles. The van der Waals surface area contributed by atoms with Crippen LogP contribution in [0.15, 0.2) is 18.5 Å². The minimum Gasteiger partial charge on any atom is -0.388 e. The van der Waals surface area contributed by atoms with Crippen LogP contribution in [-0.4, -0.2) is 46.1 Å². The maximum Gasteiger partial charge on any atom is 0.256 e. The van der Waals surface area contributed by atoms with Gasteiger partial charge in [-0.2, -0.15) is 0 Å². The Morgan fingerprint density at radius 3 is 3.06 bits per heavy atom. The summed E-state index contributed by atoms with van der Waals surface area (Å²) in [6.45, 7) is 5.46. The second kappa shape index (κ2) is 4.94. The van der Waals surface area contributed by atoms with Gasteiger partial charge in [-0.25, -0.2) is 0 Å². The Bertz CT molecular complexity index is 446. The van der Waals surface area contributed by atoms with E-state index < -0.39 is 5.60 Å². The van der Waals surface area contributed by atoms with Gasteiger partial charge < -0.3 is 15.3 Å². The lowest BCUT2D eigenvalue weighted by Gasteiger charge is -2.20. The van der Waals surface area contributed by atoms with Gasteiger partial charge in [0, 0.05) is 25.8 Å². The molecule has 1 fully saturated rings. The fourth-order valence-corrected chi connectivity index (χ4v) is 2.20. The van der Waals surface area contributed by atoms with Gasteiger partial charge in [-0.1, -0.05) is 0 Å². The van der Waals surface area contributed by atoms with Crippen molar-refractivity contribution in [1.29, 1.82) is 0 Å². The molecule has 1 unspecified atom stereocenters. The maximum atomic E-state index is 12.4. The number of aliphatic hydroxyl groups is 1. The van der Waals surface area contributed by atoms with Gasteiger partial charge in [-0.3, -0.25) is 9.78 Å². The van der Waals surface area contributed by atoms with Crippen molar-refractivity contribution in [1.82, 2.24) is 9.88 Å². The van der Waals surface area contributed by atoms with Gasteiger partial charge in [0.05, 0.1) is 23.0 Å². The normalized spacial score (nSPS) is 23.2. The van der Waals surface area contributed by atoms with E-state index in [1.165, 1.54) is 0 Å². The van der Waals surface area contributed by atoms with E-state index in [1.54, 1.807) is 30.3 Å². The number of pyridine rings is 1. The Labute approximate surface area is 107 Å². The summed E-state index contributed by atoms with van der Waals surface area (Å²) < 4.78 is 0. The van der Waals surface area contributed by atoms with Gasteiger partial charge in [0.1, 0.15) is 0 Å². The molecule has 1 saturated heterocycles. The first kappa shape index (κ1) is 12.8. The van der Waals surface area contributed by atoms with Gasteiger partial charge >= 0.3 is 0 Å². The molecule has 1 aliphatic heterocycles. The average Bonchev–Trinajstić information content (AvgIpc) is 2.70. The predicted molar refractivity (Wildman–Crippen MR) is 69.5 cm³/mol. The van der Waals surface area contributed by atoms with E-state index in [1.807, 2.05) is 6.92 Å². The molecule has 1 amide bonds. The number of aromatic nitrogens is 1. The molecule has 2 heterocycles. The molecule has 2 rings (SSSR count). The Morgan fingerprint density at radius 2 is 2.44 bits per heavy atom. The van der Waals surface area contributed by atoms with Crippen LogP contribution in [0.4, 0.5) is 5.69 Å². The van der Waals surface area contributed by atoms with E-state index in [0.29, 0.717) is 25.1 Å². The number of hydrogen-bond donors (Lipinski definition) is 2. The Kier molecular flexibility index (Phi) is 3.52. The van der Waals surface area contributed by atoms with Crippen LogP contribution < -0.4 is 5.32 Å². The van der Waals surface area contributed by atoms with E-state index >= 15 is 0 Å². The van der Waals surface area contributed by atoms with E-state index in [2.05, 4.69) is 10.3 Å². The van der Waals surface area contributed by atoms with Crippen molar-refractivity contribution in [3.8, 4) is 0 Å². The van der Waals surface area contributed by atoms with Crippen LogP contribution in [0.2, 0.25) is 0 Å². The SMILES string of the molecule is CCNc1cnccc1C(=O)N1CCC(C)(O)C1. The molecular formula is C13H19N3O2. The highest BCUT2D eigenvalue weighted by atomic mass is 16.3. The molecular weight excluding hydrogens is 230 g/mol. The van der Waals surface area contributed by atoms with Crippen molar-refractivity contribution in [3.05, 3.63) is 24.0 Å². The van der Waals surface area contributed by atoms with Crippen molar-refractivity contribution >= 4 is 11.6 Å². The fraction of sp³-hybridized carbons (Fsp3) is 0.538. The number of likely N-dealkylation sites (tertiary alicyclic amines) is 1. The van der Waals surface area contributed by atoms with E-state index in [0.717, 1.165) is 12.2 Å². The number of hydrogen-bond acceptors (Lipinski definition) is 4. The molecule has 0 radical (unpaired) electrons. The summed E-state index contributed by atoms with van der Waals surface area (Å²) in [7, 11) is 0. The number of nitrogens with zero attached hydrogens (tertiary/aromatic N) is 2. The number of anilines is 1. The largest absolute Gasteiger partial charge is 0.388 e. The summed E-state index contributed by atoms with van der Waals surface area (Å²) in [5.41, 5.74) is 0.599. The summed E-state index contributed by atoms with van der Waals surface area (Å²) in [6, 6.07) is 1.72. The molecule has 5 heteroatoms. The minimum atomic E-state index is -0.763. The third-order valence-electron chi connectivity index (χ3n) is 3.16. The van der Waals surface area contributed by atoms with E-state index in [9.17, 15) is 9.90 Å². The summed E-state index contributed by atoms with van der Waals surface area (Å²) in [4.78, 5) is 18.1. The first-order valence-corrected chi connectivity index (χ1v) is 6.23. The van der Waals surface area contributed by atoms with E-state index in [-0.39, 0.29) is 5.91 Å². The average molecular weight is 249 g/mol. The third kappa shape index (κ3) is 2.61. The van der Waals surface area contributed by atoms with Crippen molar-refractivity contribution in [2.24, 2.45) is 0 Å². The third-order valence-corrected chi connectivity index (χ3v) is 3.16. The highest BCUT2D eigenvalue weighted by Crippen LogP contribution is 2.24. The number of carbonyl (C=O) groups is 1. The molecule has 0 bridgehead atoms. The fourth-order valence-electron chi connectivity index (χ4n) is 2.20. The van der Waals surface area contributed by atoms with Crippen LogP contribution >= 0.6 is 0 Å². The molecule has 0 saturated carbocycles. The Hall–Kier alpha value is -1.62. The Morgan fingerprint density at radius 1 is 1.67 bits per heavy atom. The quantitative estimate of drug-likeness (QED) is 0.842. The molecule has 1 aliphatic rings. The van der Waals surface area contributed by atoms with Crippen molar-refractivity contribution in [2.45, 2.75) is 25.9 Å². The molecule has 1 aromatic heterocycles. The van der Waals surface area contributed by atoms with Gasteiger partial charge in [-0.15, -0.1) is 0 Å². The Balaban J connectivity index is 2.19. The van der Waals surface area contributed by atoms with Crippen LogP contribution in [0, 0.1) is 0 Å². The zero-order valence-corrected chi connectivity index (χ0v) is 10.8. The van der Waals surface area contributed by atoms with Crippen LogP contribution in [0.5, 0.6) is 0 Å². The van der Waals surface area contributed by atoms with Crippen molar-refractivity contribution in [2.75, 3.05) is 25.0 Å². The topological polar surface area (TPSA) is 65.5 Å². The lowest BCUT2D eigenvalue weighted by molar-refractivity contribution is 0.0572. The summed E-state index contributed by atoms with van der Waals surface area (Å²) in [6.07, 6.45) is 3.90. The number of rotatable bonds is 3. The molecule has 2 N–H and O–H groups in total. The first-order valence-electron chi connectivity index (χ1n) is 6.23. The lowest BCUT2D eigenvalue weighted by atomic mass is 10.1.